The highest BCUT2D eigenvalue weighted by Gasteiger charge is 2.33. The Hall–Kier alpha value is -3.08. The number of halogens is 1. The molecule has 5 heteroatoms. The van der Waals surface area contributed by atoms with Crippen LogP contribution in [0.25, 0.3) is 6.08 Å². The van der Waals surface area contributed by atoms with Crippen LogP contribution in [0, 0.1) is 6.92 Å². The largest absolute Gasteiger partial charge is 0.507 e. The van der Waals surface area contributed by atoms with Crippen LogP contribution in [0.1, 0.15) is 32.6 Å². The van der Waals surface area contributed by atoms with Gasteiger partial charge in [-0.15, -0.1) is 0 Å². The first-order valence-electron chi connectivity index (χ1n) is 9.70. The number of phenols is 1. The maximum Gasteiger partial charge on any atom is 0.232 e. The Bertz CT molecular complexity index is 1120. The van der Waals surface area contributed by atoms with Gasteiger partial charge in [0.05, 0.1) is 11.1 Å². The molecule has 3 aromatic carbocycles. The quantitative estimate of drug-likeness (QED) is 0.547. The van der Waals surface area contributed by atoms with E-state index in [4.69, 9.17) is 16.3 Å². The van der Waals surface area contributed by atoms with Crippen molar-refractivity contribution in [3.63, 3.8) is 0 Å². The molecular weight excluding hydrogens is 398 g/mol. The molecule has 30 heavy (non-hydrogen) atoms. The van der Waals surface area contributed by atoms with E-state index in [2.05, 4.69) is 17.0 Å². The summed E-state index contributed by atoms with van der Waals surface area (Å²) in [4.78, 5) is 15.1. The minimum absolute atomic E-state index is 0.131. The summed E-state index contributed by atoms with van der Waals surface area (Å²) in [6.45, 7) is 2.97. The molecule has 0 unspecified atom stereocenters. The standard InChI is InChI=1S/C25H22ClNO3/c1-16-12-21(28)20(15-27(2)14-18-6-4-3-5-7-18)25-23(16)24(29)22(30-25)13-17-8-10-19(26)11-9-17/h3-13,28H,14-15H2,1-2H3/b22-13-. The van der Waals surface area contributed by atoms with Gasteiger partial charge in [-0.25, -0.2) is 0 Å². The Morgan fingerprint density at radius 1 is 1.07 bits per heavy atom. The van der Waals surface area contributed by atoms with Crippen molar-refractivity contribution in [3.8, 4) is 11.5 Å². The van der Waals surface area contributed by atoms with Gasteiger partial charge < -0.3 is 9.84 Å². The maximum absolute atomic E-state index is 13.0. The smallest absolute Gasteiger partial charge is 0.232 e. The molecule has 0 radical (unpaired) electrons. The van der Waals surface area contributed by atoms with Crippen LogP contribution in [0.15, 0.2) is 66.4 Å². The lowest BCUT2D eigenvalue weighted by Crippen LogP contribution is -2.17. The Morgan fingerprint density at radius 3 is 2.47 bits per heavy atom. The van der Waals surface area contributed by atoms with E-state index in [9.17, 15) is 9.90 Å². The van der Waals surface area contributed by atoms with Crippen molar-refractivity contribution < 1.29 is 14.6 Å². The number of Topliss-reactive ketones (excluding diaryl/α,β-unsaturated/α-hetero) is 1. The van der Waals surface area contributed by atoms with Gasteiger partial charge in [-0.2, -0.15) is 0 Å². The van der Waals surface area contributed by atoms with E-state index >= 15 is 0 Å². The van der Waals surface area contributed by atoms with Crippen molar-refractivity contribution >= 4 is 23.5 Å². The molecule has 0 amide bonds. The lowest BCUT2D eigenvalue weighted by atomic mass is 9.99. The zero-order chi connectivity index (χ0) is 21.3. The number of hydrogen-bond donors (Lipinski definition) is 1. The number of nitrogens with zero attached hydrogens (tertiary/aromatic N) is 1. The third-order valence-corrected chi connectivity index (χ3v) is 5.36. The minimum Gasteiger partial charge on any atom is -0.507 e. The highest BCUT2D eigenvalue weighted by Crippen LogP contribution is 2.42. The molecule has 0 saturated carbocycles. The number of carbonyl (C=O) groups excluding carboxylic acids is 1. The molecule has 0 spiro atoms. The van der Waals surface area contributed by atoms with Gasteiger partial charge >= 0.3 is 0 Å². The van der Waals surface area contributed by atoms with Crippen molar-refractivity contribution in [1.82, 2.24) is 4.90 Å². The highest BCUT2D eigenvalue weighted by atomic mass is 35.5. The molecule has 3 aromatic rings. The average molecular weight is 420 g/mol. The Kier molecular flexibility index (Phi) is 5.62. The molecule has 0 bridgehead atoms. The number of ketones is 1. The lowest BCUT2D eigenvalue weighted by molar-refractivity contribution is 0.101. The van der Waals surface area contributed by atoms with Gasteiger partial charge in [0.15, 0.2) is 5.76 Å². The lowest BCUT2D eigenvalue weighted by Gasteiger charge is -2.19. The van der Waals surface area contributed by atoms with Crippen LogP contribution >= 0.6 is 11.6 Å². The number of hydrogen-bond acceptors (Lipinski definition) is 4. The molecular formula is C25H22ClNO3. The van der Waals surface area contributed by atoms with Crippen molar-refractivity contribution in [2.45, 2.75) is 20.0 Å². The summed E-state index contributed by atoms with van der Waals surface area (Å²) in [7, 11) is 1.97. The molecule has 0 aliphatic carbocycles. The molecule has 0 fully saturated rings. The SMILES string of the molecule is Cc1cc(O)c(CN(C)Cc2ccccc2)c2c1C(=O)/C(=C/c1ccc(Cl)cc1)O2. The Morgan fingerprint density at radius 2 is 1.77 bits per heavy atom. The summed E-state index contributed by atoms with van der Waals surface area (Å²) in [6, 6.07) is 18.9. The van der Waals surface area contributed by atoms with Crippen LogP contribution in [0.5, 0.6) is 11.5 Å². The van der Waals surface area contributed by atoms with Crippen molar-refractivity contribution in [2.75, 3.05) is 7.05 Å². The van der Waals surface area contributed by atoms with E-state index in [0.717, 1.165) is 5.56 Å². The summed E-state index contributed by atoms with van der Waals surface area (Å²) in [5, 5.41) is 11.2. The van der Waals surface area contributed by atoms with Gasteiger partial charge in [0.25, 0.3) is 0 Å². The van der Waals surface area contributed by atoms with E-state index in [1.807, 2.05) is 44.3 Å². The first-order chi connectivity index (χ1) is 14.4. The van der Waals surface area contributed by atoms with Gasteiger partial charge in [0.1, 0.15) is 11.5 Å². The molecule has 152 valence electrons. The van der Waals surface area contributed by atoms with E-state index < -0.39 is 0 Å². The first-order valence-corrected chi connectivity index (χ1v) is 10.1. The van der Waals surface area contributed by atoms with E-state index in [1.54, 1.807) is 24.3 Å². The van der Waals surface area contributed by atoms with E-state index in [-0.39, 0.29) is 17.3 Å². The van der Waals surface area contributed by atoms with Crippen LogP contribution in [0.4, 0.5) is 0 Å². The summed E-state index contributed by atoms with van der Waals surface area (Å²) in [5.74, 6) is 0.640. The second-order valence-electron chi connectivity index (χ2n) is 7.54. The Balaban J connectivity index is 1.64. The number of aromatic hydroxyl groups is 1. The number of allylic oxidation sites excluding steroid dienone is 1. The number of aryl methyl sites for hydroxylation is 1. The first kappa shape index (κ1) is 20.2. The minimum atomic E-state index is -0.176. The molecule has 1 heterocycles. The number of phenolic OH excluding ortho intramolecular Hbond substituents is 1. The van der Waals surface area contributed by atoms with Gasteiger partial charge in [0.2, 0.25) is 5.78 Å². The van der Waals surface area contributed by atoms with Crippen LogP contribution in [-0.4, -0.2) is 22.8 Å². The normalized spacial score (nSPS) is 14.3. The number of carbonyl (C=O) groups is 1. The van der Waals surface area contributed by atoms with Gasteiger partial charge in [0, 0.05) is 18.1 Å². The number of benzene rings is 3. The van der Waals surface area contributed by atoms with Crippen molar-refractivity contribution in [2.24, 2.45) is 0 Å². The second-order valence-corrected chi connectivity index (χ2v) is 7.98. The Labute approximate surface area is 181 Å². The molecule has 1 aliphatic heterocycles. The van der Waals surface area contributed by atoms with Crippen LogP contribution < -0.4 is 4.74 Å². The number of fused-ring (bicyclic) bond motifs is 1. The number of rotatable bonds is 5. The fraction of sp³-hybridized carbons (Fsp3) is 0.160. The van der Waals surface area contributed by atoms with Gasteiger partial charge in [-0.05, 0) is 54.9 Å². The maximum atomic E-state index is 13.0. The van der Waals surface area contributed by atoms with E-state index in [1.165, 1.54) is 5.56 Å². The fourth-order valence-electron chi connectivity index (χ4n) is 3.66. The summed E-state index contributed by atoms with van der Waals surface area (Å²) in [6.07, 6.45) is 1.70. The van der Waals surface area contributed by atoms with Crippen LogP contribution in [-0.2, 0) is 13.1 Å². The number of ether oxygens (including phenoxy) is 1. The van der Waals surface area contributed by atoms with E-state index in [0.29, 0.717) is 40.6 Å². The van der Waals surface area contributed by atoms with Crippen molar-refractivity contribution in [1.29, 1.82) is 0 Å². The summed E-state index contributed by atoms with van der Waals surface area (Å²) >= 11 is 5.94. The zero-order valence-corrected chi connectivity index (χ0v) is 17.6. The fourth-order valence-corrected chi connectivity index (χ4v) is 3.79. The van der Waals surface area contributed by atoms with Crippen LogP contribution in [0.2, 0.25) is 5.02 Å². The molecule has 4 nitrogen and oxygen atoms in total. The zero-order valence-electron chi connectivity index (χ0n) is 16.9. The van der Waals surface area contributed by atoms with Gasteiger partial charge in [-0.1, -0.05) is 54.1 Å². The summed E-state index contributed by atoms with van der Waals surface area (Å²) < 4.78 is 5.99. The predicted molar refractivity (Wildman–Crippen MR) is 119 cm³/mol. The van der Waals surface area contributed by atoms with Gasteiger partial charge in [-0.3, -0.25) is 9.69 Å². The van der Waals surface area contributed by atoms with Crippen LogP contribution in [0.3, 0.4) is 0 Å². The third-order valence-electron chi connectivity index (χ3n) is 5.11. The molecule has 0 atom stereocenters. The topological polar surface area (TPSA) is 49.8 Å². The monoisotopic (exact) mass is 419 g/mol. The second kappa shape index (κ2) is 8.34. The molecule has 0 saturated heterocycles. The average Bonchev–Trinajstić information content (AvgIpc) is 3.04. The third kappa shape index (κ3) is 4.11. The molecule has 1 aliphatic rings. The van der Waals surface area contributed by atoms with Crippen molar-refractivity contribution in [3.05, 3.63) is 99.3 Å². The molecule has 0 aromatic heterocycles. The predicted octanol–water partition coefficient (Wildman–Crippen LogP) is 5.60. The molecule has 4 rings (SSSR count). The highest BCUT2D eigenvalue weighted by molar-refractivity contribution is 6.30. The molecule has 1 N–H and O–H groups in total. The summed E-state index contributed by atoms with van der Waals surface area (Å²) in [5.41, 5.74) is 3.81.